The summed E-state index contributed by atoms with van der Waals surface area (Å²) in [6.07, 6.45) is 8.11. The Morgan fingerprint density at radius 2 is 2.14 bits per heavy atom. The molecule has 6 aromatic rings. The van der Waals surface area contributed by atoms with E-state index in [0.29, 0.717) is 34.2 Å². The Balaban J connectivity index is 1.17. The maximum absolute atomic E-state index is 13.0. The first-order valence-corrected chi connectivity index (χ1v) is 13.0. The highest BCUT2D eigenvalue weighted by Crippen LogP contribution is 2.33. The first kappa shape index (κ1) is 21.4. The number of carbonyl (C=O) groups excluding carboxylic acids is 1. The molecule has 2 N–H and O–H groups in total. The third kappa shape index (κ3) is 3.51. The molecule has 0 radical (unpaired) electrons. The Labute approximate surface area is 211 Å². The first-order chi connectivity index (χ1) is 17.5. The van der Waals surface area contributed by atoms with Crippen molar-refractivity contribution in [3.05, 3.63) is 57.3 Å². The quantitative estimate of drug-likeness (QED) is 0.368. The average molecular weight is 518 g/mol. The Kier molecular flexibility index (Phi) is 4.77. The summed E-state index contributed by atoms with van der Waals surface area (Å²) in [5.41, 5.74) is 5.79. The van der Waals surface area contributed by atoms with Crippen LogP contribution in [0, 0.1) is 0 Å². The molecule has 1 aliphatic heterocycles. The van der Waals surface area contributed by atoms with Crippen molar-refractivity contribution < 1.29 is 4.79 Å². The minimum Gasteiger partial charge on any atom is -0.324 e. The number of nitrogens with one attached hydrogen (secondary N) is 2. The molecule has 7 heterocycles. The number of aromatic amines is 1. The molecule has 36 heavy (non-hydrogen) atoms. The van der Waals surface area contributed by atoms with Crippen molar-refractivity contribution in [3.8, 4) is 10.4 Å². The third-order valence-corrected chi connectivity index (χ3v) is 8.37. The molecular weight excluding hydrogens is 498 g/mol. The summed E-state index contributed by atoms with van der Waals surface area (Å²) in [6.45, 7) is 1.76. The van der Waals surface area contributed by atoms with E-state index in [4.69, 9.17) is 0 Å². The van der Waals surface area contributed by atoms with Gasteiger partial charge in [0.05, 0.1) is 46.2 Å². The normalized spacial score (nSPS) is 14.1. The zero-order valence-corrected chi connectivity index (χ0v) is 20.7. The van der Waals surface area contributed by atoms with E-state index in [1.165, 1.54) is 16.2 Å². The standard InChI is InChI=1S/C23H19N9O2S2/c1-30-7-12(5-26-30)17-9-32-23(36-17)19-21(29-32)20-14(28-22(19)34)4-13(6-24-20)27-18(33)10-31-3-2-16-15(8-31)25-11-35-16/h4-7,9,11H,2-3,8,10H2,1H3,(H,27,33)(H,28,34). The molecule has 0 aliphatic carbocycles. The topological polar surface area (TPSA) is 126 Å². The van der Waals surface area contributed by atoms with Crippen molar-refractivity contribution in [2.24, 2.45) is 7.05 Å². The Morgan fingerprint density at radius 1 is 1.22 bits per heavy atom. The lowest BCUT2D eigenvalue weighted by molar-refractivity contribution is -0.117. The van der Waals surface area contributed by atoms with Gasteiger partial charge in [-0.05, 0) is 12.5 Å². The number of hydrogen-bond acceptors (Lipinski definition) is 9. The molecule has 1 amide bonds. The summed E-state index contributed by atoms with van der Waals surface area (Å²) in [6, 6.07) is 1.73. The van der Waals surface area contributed by atoms with Gasteiger partial charge >= 0.3 is 0 Å². The largest absolute Gasteiger partial charge is 0.324 e. The van der Waals surface area contributed by atoms with E-state index < -0.39 is 0 Å². The van der Waals surface area contributed by atoms with Crippen molar-refractivity contribution in [1.29, 1.82) is 0 Å². The average Bonchev–Trinajstić information content (AvgIpc) is 3.61. The van der Waals surface area contributed by atoms with Gasteiger partial charge in [-0.3, -0.25) is 24.2 Å². The summed E-state index contributed by atoms with van der Waals surface area (Å²) >= 11 is 3.15. The van der Waals surface area contributed by atoms with E-state index >= 15 is 0 Å². The van der Waals surface area contributed by atoms with Crippen molar-refractivity contribution in [2.45, 2.75) is 13.0 Å². The molecule has 11 nitrogen and oxygen atoms in total. The summed E-state index contributed by atoms with van der Waals surface area (Å²) in [5.74, 6) is -0.135. The van der Waals surface area contributed by atoms with E-state index in [1.54, 1.807) is 39.0 Å². The van der Waals surface area contributed by atoms with Crippen LogP contribution in [-0.4, -0.2) is 58.2 Å². The third-order valence-electron chi connectivity index (χ3n) is 6.29. The predicted octanol–water partition coefficient (Wildman–Crippen LogP) is 2.64. The van der Waals surface area contributed by atoms with E-state index in [1.807, 2.05) is 25.0 Å². The molecule has 0 aromatic carbocycles. The van der Waals surface area contributed by atoms with Gasteiger partial charge in [-0.25, -0.2) is 9.50 Å². The van der Waals surface area contributed by atoms with E-state index in [2.05, 4.69) is 35.4 Å². The zero-order chi connectivity index (χ0) is 24.4. The zero-order valence-electron chi connectivity index (χ0n) is 19.1. The number of anilines is 1. The number of carbonyl (C=O) groups is 1. The lowest BCUT2D eigenvalue weighted by atomic mass is 10.2. The van der Waals surface area contributed by atoms with Gasteiger partial charge in [0.1, 0.15) is 21.3 Å². The van der Waals surface area contributed by atoms with Crippen molar-refractivity contribution in [1.82, 2.24) is 39.2 Å². The number of hydrogen-bond donors (Lipinski definition) is 2. The Hall–Kier alpha value is -3.94. The van der Waals surface area contributed by atoms with E-state index in [0.717, 1.165) is 33.9 Å². The highest BCUT2D eigenvalue weighted by Gasteiger charge is 2.21. The van der Waals surface area contributed by atoms with Crippen LogP contribution >= 0.6 is 22.7 Å². The summed E-state index contributed by atoms with van der Waals surface area (Å²) in [7, 11) is 1.86. The summed E-state index contributed by atoms with van der Waals surface area (Å²) < 4.78 is 3.45. The maximum Gasteiger partial charge on any atom is 0.261 e. The van der Waals surface area contributed by atoms with Gasteiger partial charge in [0.2, 0.25) is 5.91 Å². The molecule has 0 saturated heterocycles. The van der Waals surface area contributed by atoms with Crippen LogP contribution in [0.3, 0.4) is 0 Å². The molecule has 0 spiro atoms. The number of rotatable bonds is 4. The molecule has 1 aliphatic rings. The number of amides is 1. The molecule has 0 atom stereocenters. The molecular formula is C23H19N9O2S2. The smallest absolute Gasteiger partial charge is 0.261 e. The van der Waals surface area contributed by atoms with Gasteiger partial charge in [0.25, 0.3) is 5.56 Å². The number of aromatic nitrogens is 7. The van der Waals surface area contributed by atoms with Crippen molar-refractivity contribution in [3.63, 3.8) is 0 Å². The van der Waals surface area contributed by atoms with Crippen LogP contribution in [0.4, 0.5) is 5.69 Å². The van der Waals surface area contributed by atoms with Gasteiger partial charge < -0.3 is 10.3 Å². The minimum atomic E-state index is -0.246. The second-order valence-electron chi connectivity index (χ2n) is 8.78. The fourth-order valence-electron chi connectivity index (χ4n) is 4.62. The number of fused-ring (bicyclic) bond motifs is 6. The number of nitrogens with zero attached hydrogens (tertiary/aromatic N) is 7. The molecule has 0 unspecified atom stereocenters. The van der Waals surface area contributed by atoms with E-state index in [-0.39, 0.29) is 18.0 Å². The molecule has 13 heteroatoms. The van der Waals surface area contributed by atoms with Crippen LogP contribution < -0.4 is 10.9 Å². The van der Waals surface area contributed by atoms with Gasteiger partial charge in [0.15, 0.2) is 0 Å². The number of aryl methyl sites for hydroxylation is 1. The predicted molar refractivity (Wildman–Crippen MR) is 138 cm³/mol. The molecule has 180 valence electrons. The highest BCUT2D eigenvalue weighted by molar-refractivity contribution is 7.21. The second-order valence-corrected chi connectivity index (χ2v) is 10.7. The van der Waals surface area contributed by atoms with Crippen molar-refractivity contribution >= 4 is 61.0 Å². The lowest BCUT2D eigenvalue weighted by Crippen LogP contribution is -2.36. The molecule has 0 fully saturated rings. The fourth-order valence-corrected chi connectivity index (χ4v) is 6.45. The van der Waals surface area contributed by atoms with Crippen LogP contribution in [0.1, 0.15) is 10.6 Å². The lowest BCUT2D eigenvalue weighted by Gasteiger charge is -2.25. The van der Waals surface area contributed by atoms with Crippen LogP contribution in [0.2, 0.25) is 0 Å². The van der Waals surface area contributed by atoms with Gasteiger partial charge in [-0.15, -0.1) is 22.7 Å². The van der Waals surface area contributed by atoms with Gasteiger partial charge in [0, 0.05) is 43.0 Å². The molecule has 7 rings (SSSR count). The summed E-state index contributed by atoms with van der Waals surface area (Å²) in [5, 5.41) is 12.3. The SMILES string of the molecule is Cn1cc(-c2cn3nc4c5ncc(NC(=O)CN6CCc7scnc7C6)cc5[nH]c(=O)c4c3s2)cn1. The molecule has 0 bridgehead atoms. The number of H-pyrrole nitrogens is 1. The monoisotopic (exact) mass is 517 g/mol. The van der Waals surface area contributed by atoms with Gasteiger partial charge in [-0.2, -0.15) is 10.2 Å². The molecule has 6 aromatic heterocycles. The van der Waals surface area contributed by atoms with E-state index in [9.17, 15) is 9.59 Å². The van der Waals surface area contributed by atoms with Gasteiger partial charge in [-0.1, -0.05) is 0 Å². The van der Waals surface area contributed by atoms with Crippen LogP contribution in [0.15, 0.2) is 41.2 Å². The highest BCUT2D eigenvalue weighted by atomic mass is 32.1. The Bertz CT molecular complexity index is 1860. The minimum absolute atomic E-state index is 0.135. The van der Waals surface area contributed by atoms with Crippen LogP contribution in [0.25, 0.3) is 37.2 Å². The molecule has 0 saturated carbocycles. The van der Waals surface area contributed by atoms with Crippen LogP contribution in [-0.2, 0) is 24.8 Å². The number of pyridine rings is 2. The fraction of sp³-hybridized carbons (Fsp3) is 0.217. The maximum atomic E-state index is 13.0. The van der Waals surface area contributed by atoms with Crippen LogP contribution in [0.5, 0.6) is 0 Å². The van der Waals surface area contributed by atoms with Crippen molar-refractivity contribution in [2.75, 3.05) is 18.4 Å². The second kappa shape index (κ2) is 8.05. The number of thiazole rings is 2. The first-order valence-electron chi connectivity index (χ1n) is 11.3. The Morgan fingerprint density at radius 3 is 3.00 bits per heavy atom. The summed E-state index contributed by atoms with van der Waals surface area (Å²) in [4.78, 5) is 42.7.